The predicted molar refractivity (Wildman–Crippen MR) is 111 cm³/mol. The summed E-state index contributed by atoms with van der Waals surface area (Å²) in [5.74, 6) is 0.429. The maximum atomic E-state index is 12.9. The zero-order valence-corrected chi connectivity index (χ0v) is 16.9. The minimum absolute atomic E-state index is 0.133. The van der Waals surface area contributed by atoms with Gasteiger partial charge in [-0.1, -0.05) is 57.1 Å². The number of nitrogens with zero attached hydrogens (tertiary/aromatic N) is 2. The fourth-order valence-electron chi connectivity index (χ4n) is 2.89. The van der Waals surface area contributed by atoms with Crippen molar-refractivity contribution in [2.45, 2.75) is 39.5 Å². The third kappa shape index (κ3) is 5.45. The van der Waals surface area contributed by atoms with Gasteiger partial charge in [0, 0.05) is 18.3 Å². The fraction of sp³-hybridized carbons (Fsp3) is 0.381. The van der Waals surface area contributed by atoms with Crippen molar-refractivity contribution in [1.82, 2.24) is 10.1 Å². The SMILES string of the molecule is C=CCN(CC(=O)Nc1ccon1)C(=O)Nc1c(C(C)C)cccc1C(C)C. The molecule has 7 heteroatoms. The summed E-state index contributed by atoms with van der Waals surface area (Å²) in [7, 11) is 0. The van der Waals surface area contributed by atoms with E-state index in [1.165, 1.54) is 17.2 Å². The number of rotatable bonds is 8. The topological polar surface area (TPSA) is 87.5 Å². The Kier molecular flexibility index (Phi) is 7.37. The number of benzene rings is 1. The number of para-hydroxylation sites is 1. The second kappa shape index (κ2) is 9.73. The normalized spacial score (nSPS) is 10.8. The van der Waals surface area contributed by atoms with E-state index in [0.29, 0.717) is 5.82 Å². The molecule has 0 aliphatic carbocycles. The van der Waals surface area contributed by atoms with Crippen molar-refractivity contribution >= 4 is 23.4 Å². The highest BCUT2D eigenvalue weighted by atomic mass is 16.5. The van der Waals surface area contributed by atoms with Gasteiger partial charge in [-0.15, -0.1) is 6.58 Å². The Bertz CT molecular complexity index is 787. The lowest BCUT2D eigenvalue weighted by Gasteiger charge is -2.25. The lowest BCUT2D eigenvalue weighted by molar-refractivity contribution is -0.116. The molecule has 150 valence electrons. The second-order valence-electron chi connectivity index (χ2n) is 7.15. The first-order chi connectivity index (χ1) is 13.3. The third-order valence-electron chi connectivity index (χ3n) is 4.28. The van der Waals surface area contributed by atoms with Crippen LogP contribution in [0.2, 0.25) is 0 Å². The standard InChI is InChI=1S/C21H28N4O3/c1-6-11-25(13-19(26)22-18-10-12-28-24-18)21(27)23-20-16(14(2)3)8-7-9-17(20)15(4)5/h6-10,12,14-15H,1,11,13H2,2-5H3,(H,23,27)(H,22,24,26). The summed E-state index contributed by atoms with van der Waals surface area (Å²) in [6.45, 7) is 12.1. The molecule has 28 heavy (non-hydrogen) atoms. The van der Waals surface area contributed by atoms with Crippen LogP contribution in [0.25, 0.3) is 0 Å². The summed E-state index contributed by atoms with van der Waals surface area (Å²) < 4.78 is 4.69. The Balaban J connectivity index is 2.20. The van der Waals surface area contributed by atoms with Crippen LogP contribution in [-0.2, 0) is 4.79 Å². The van der Waals surface area contributed by atoms with E-state index in [1.807, 2.05) is 18.2 Å². The van der Waals surface area contributed by atoms with E-state index < -0.39 is 0 Å². The first kappa shape index (κ1) is 21.2. The van der Waals surface area contributed by atoms with E-state index in [-0.39, 0.29) is 36.9 Å². The quantitative estimate of drug-likeness (QED) is 0.652. The first-order valence-electron chi connectivity index (χ1n) is 9.33. The lowest BCUT2D eigenvalue weighted by atomic mass is 9.93. The maximum absolute atomic E-state index is 12.9. The van der Waals surface area contributed by atoms with Gasteiger partial charge >= 0.3 is 6.03 Å². The molecule has 0 aliphatic rings. The average molecular weight is 384 g/mol. The zero-order valence-electron chi connectivity index (χ0n) is 16.9. The van der Waals surface area contributed by atoms with Gasteiger partial charge in [-0.3, -0.25) is 4.79 Å². The summed E-state index contributed by atoms with van der Waals surface area (Å²) in [4.78, 5) is 26.6. The number of nitrogens with one attached hydrogen (secondary N) is 2. The Morgan fingerprint density at radius 2 is 1.79 bits per heavy atom. The molecule has 2 rings (SSSR count). The minimum Gasteiger partial charge on any atom is -0.363 e. The Hall–Kier alpha value is -3.09. The molecular weight excluding hydrogens is 356 g/mol. The van der Waals surface area contributed by atoms with Gasteiger partial charge in [0.15, 0.2) is 5.82 Å². The van der Waals surface area contributed by atoms with Gasteiger partial charge < -0.3 is 20.1 Å². The fourth-order valence-corrected chi connectivity index (χ4v) is 2.89. The van der Waals surface area contributed by atoms with Crippen LogP contribution in [0.5, 0.6) is 0 Å². The highest BCUT2D eigenvalue weighted by Gasteiger charge is 2.21. The second-order valence-corrected chi connectivity index (χ2v) is 7.15. The predicted octanol–water partition coefficient (Wildman–Crippen LogP) is 4.58. The largest absolute Gasteiger partial charge is 0.363 e. The molecule has 2 aromatic rings. The van der Waals surface area contributed by atoms with Gasteiger partial charge in [0.2, 0.25) is 5.91 Å². The van der Waals surface area contributed by atoms with Crippen molar-refractivity contribution in [3.63, 3.8) is 0 Å². The van der Waals surface area contributed by atoms with Crippen LogP contribution < -0.4 is 10.6 Å². The Morgan fingerprint density at radius 1 is 1.14 bits per heavy atom. The third-order valence-corrected chi connectivity index (χ3v) is 4.28. The van der Waals surface area contributed by atoms with Crippen LogP contribution in [-0.4, -0.2) is 35.1 Å². The number of amides is 3. The van der Waals surface area contributed by atoms with Crippen LogP contribution >= 0.6 is 0 Å². The molecule has 0 aliphatic heterocycles. The van der Waals surface area contributed by atoms with E-state index in [2.05, 4.69) is 50.1 Å². The number of anilines is 2. The molecule has 0 saturated carbocycles. The van der Waals surface area contributed by atoms with Gasteiger partial charge in [0.25, 0.3) is 0 Å². The molecule has 0 radical (unpaired) electrons. The number of carbonyl (C=O) groups is 2. The number of hydrogen-bond donors (Lipinski definition) is 2. The number of carbonyl (C=O) groups excluding carboxylic acids is 2. The molecule has 1 aromatic heterocycles. The van der Waals surface area contributed by atoms with E-state index in [0.717, 1.165) is 16.8 Å². The van der Waals surface area contributed by atoms with Crippen molar-refractivity contribution in [3.05, 3.63) is 54.3 Å². The minimum atomic E-state index is -0.368. The van der Waals surface area contributed by atoms with E-state index in [1.54, 1.807) is 6.08 Å². The molecule has 2 N–H and O–H groups in total. The monoisotopic (exact) mass is 384 g/mol. The number of urea groups is 1. The molecular formula is C21H28N4O3. The molecule has 1 aromatic carbocycles. The van der Waals surface area contributed by atoms with Crippen LogP contribution in [0.15, 0.2) is 47.7 Å². The van der Waals surface area contributed by atoms with E-state index >= 15 is 0 Å². The van der Waals surface area contributed by atoms with E-state index in [9.17, 15) is 9.59 Å². The highest BCUT2D eigenvalue weighted by Crippen LogP contribution is 2.32. The lowest BCUT2D eigenvalue weighted by Crippen LogP contribution is -2.41. The van der Waals surface area contributed by atoms with Gasteiger partial charge in [-0.25, -0.2) is 4.79 Å². The van der Waals surface area contributed by atoms with Crippen molar-refractivity contribution in [2.75, 3.05) is 23.7 Å². The van der Waals surface area contributed by atoms with Gasteiger partial charge in [0.1, 0.15) is 12.8 Å². The molecule has 1 heterocycles. The van der Waals surface area contributed by atoms with Gasteiger partial charge in [-0.2, -0.15) is 0 Å². The Morgan fingerprint density at radius 3 is 2.29 bits per heavy atom. The van der Waals surface area contributed by atoms with Crippen molar-refractivity contribution in [3.8, 4) is 0 Å². The average Bonchev–Trinajstić information content (AvgIpc) is 3.13. The molecule has 0 atom stereocenters. The van der Waals surface area contributed by atoms with Crippen LogP contribution in [0.1, 0.15) is 50.7 Å². The summed E-state index contributed by atoms with van der Waals surface area (Å²) in [5.41, 5.74) is 2.93. The summed E-state index contributed by atoms with van der Waals surface area (Å²) in [6.07, 6.45) is 2.95. The molecule has 0 fully saturated rings. The molecule has 7 nitrogen and oxygen atoms in total. The van der Waals surface area contributed by atoms with Gasteiger partial charge in [-0.05, 0) is 23.0 Å². The Labute approximate surface area is 165 Å². The van der Waals surface area contributed by atoms with Crippen LogP contribution in [0.4, 0.5) is 16.3 Å². The molecule has 3 amide bonds. The number of aromatic nitrogens is 1. The van der Waals surface area contributed by atoms with Crippen molar-refractivity contribution in [1.29, 1.82) is 0 Å². The summed E-state index contributed by atoms with van der Waals surface area (Å²) in [6, 6.07) is 7.21. The zero-order chi connectivity index (χ0) is 20.7. The number of hydrogen-bond acceptors (Lipinski definition) is 4. The van der Waals surface area contributed by atoms with Crippen LogP contribution in [0, 0.1) is 0 Å². The van der Waals surface area contributed by atoms with Crippen molar-refractivity contribution in [2.24, 2.45) is 0 Å². The molecule has 0 unspecified atom stereocenters. The van der Waals surface area contributed by atoms with Gasteiger partial charge in [0.05, 0.1) is 0 Å². The van der Waals surface area contributed by atoms with Crippen molar-refractivity contribution < 1.29 is 14.1 Å². The maximum Gasteiger partial charge on any atom is 0.322 e. The highest BCUT2D eigenvalue weighted by molar-refractivity contribution is 5.97. The molecule has 0 spiro atoms. The first-order valence-corrected chi connectivity index (χ1v) is 9.33. The smallest absolute Gasteiger partial charge is 0.322 e. The molecule has 0 saturated heterocycles. The van der Waals surface area contributed by atoms with Crippen LogP contribution in [0.3, 0.4) is 0 Å². The van der Waals surface area contributed by atoms with E-state index in [4.69, 9.17) is 4.52 Å². The molecule has 0 bridgehead atoms. The summed E-state index contributed by atoms with van der Waals surface area (Å²) >= 11 is 0. The summed E-state index contributed by atoms with van der Waals surface area (Å²) in [5, 5.41) is 9.24.